The number of hydrogen-bond donors (Lipinski definition) is 2. The second-order valence-electron chi connectivity index (χ2n) is 10.2. The van der Waals surface area contributed by atoms with Gasteiger partial charge < -0.3 is 25.2 Å². The second kappa shape index (κ2) is 12.5. The maximum absolute atomic E-state index is 5.61. The van der Waals surface area contributed by atoms with Gasteiger partial charge in [0.05, 0.1) is 12.3 Å². The first-order chi connectivity index (χ1) is 18.5. The second-order valence-corrected chi connectivity index (χ2v) is 10.2. The van der Waals surface area contributed by atoms with Crippen molar-refractivity contribution in [1.82, 2.24) is 25.2 Å². The molecule has 0 unspecified atom stereocenters. The number of methoxy groups -OCH3 is 1. The van der Waals surface area contributed by atoms with Crippen LogP contribution in [0.5, 0.6) is 0 Å². The van der Waals surface area contributed by atoms with Gasteiger partial charge in [0.2, 0.25) is 5.95 Å². The normalized spacial score (nSPS) is 20.6. The number of pyridine rings is 1. The van der Waals surface area contributed by atoms with Gasteiger partial charge in [0.25, 0.3) is 0 Å². The first-order valence-corrected chi connectivity index (χ1v) is 13.9. The zero-order valence-corrected chi connectivity index (χ0v) is 23.8. The van der Waals surface area contributed by atoms with E-state index in [1.165, 1.54) is 24.1 Å². The molecule has 8 nitrogen and oxygen atoms in total. The van der Waals surface area contributed by atoms with Crippen LogP contribution in [0.2, 0.25) is 0 Å². The lowest BCUT2D eigenvalue weighted by molar-refractivity contribution is 0.145. The minimum atomic E-state index is -0.224. The fraction of sp³-hybridized carbons (Fsp3) is 0.500. The number of aromatic nitrogens is 3. The Bertz CT molecular complexity index is 1210. The third kappa shape index (κ3) is 5.92. The largest absolute Gasteiger partial charge is 0.384 e. The van der Waals surface area contributed by atoms with Crippen LogP contribution in [0, 0.1) is 0 Å². The van der Waals surface area contributed by atoms with Crippen LogP contribution in [0.15, 0.2) is 59.6 Å². The molecule has 5 rings (SSSR count). The summed E-state index contributed by atoms with van der Waals surface area (Å²) in [6.45, 7) is 12.7. The third-order valence-electron chi connectivity index (χ3n) is 7.26. The maximum atomic E-state index is 5.61. The molecular weight excluding hydrogens is 474 g/mol. The summed E-state index contributed by atoms with van der Waals surface area (Å²) in [5.74, 6) is 2.37. The molecule has 0 saturated carbocycles. The number of nitrogens with one attached hydrogen (secondary N) is 2. The quantitative estimate of drug-likeness (QED) is 0.452. The van der Waals surface area contributed by atoms with Crippen LogP contribution in [0.25, 0.3) is 0 Å². The van der Waals surface area contributed by atoms with Gasteiger partial charge in [0.15, 0.2) is 0 Å². The van der Waals surface area contributed by atoms with E-state index < -0.39 is 0 Å². The topological polar surface area (TPSA) is 78.4 Å². The summed E-state index contributed by atoms with van der Waals surface area (Å²) in [7, 11) is 3.68. The van der Waals surface area contributed by atoms with Gasteiger partial charge in [-0.15, -0.1) is 0 Å². The maximum Gasteiger partial charge on any atom is 0.228 e. The SMILES string of the molecule is CC.CNCc1cccc(N2C[C@@](C)(COC)c3cnc(NC4=CC=C(N5CCCC5)C(C)=CC4)nc32)n1.[HH].[HH]. The molecule has 1 saturated heterocycles. The van der Waals surface area contributed by atoms with Crippen molar-refractivity contribution < 1.29 is 7.59 Å². The first-order valence-electron chi connectivity index (χ1n) is 13.9. The molecule has 2 aromatic heterocycles. The summed E-state index contributed by atoms with van der Waals surface area (Å²) in [5.41, 5.74) is 5.59. The van der Waals surface area contributed by atoms with Crippen LogP contribution in [-0.2, 0) is 16.7 Å². The predicted molar refractivity (Wildman–Crippen MR) is 160 cm³/mol. The van der Waals surface area contributed by atoms with Gasteiger partial charge in [-0.2, -0.15) is 4.98 Å². The van der Waals surface area contributed by atoms with Gasteiger partial charge in [0.1, 0.15) is 11.6 Å². The molecule has 2 aliphatic heterocycles. The molecule has 1 aliphatic carbocycles. The van der Waals surface area contributed by atoms with E-state index in [-0.39, 0.29) is 8.27 Å². The molecule has 0 bridgehead atoms. The summed E-state index contributed by atoms with van der Waals surface area (Å²) < 4.78 is 5.61. The molecule has 38 heavy (non-hydrogen) atoms. The van der Waals surface area contributed by atoms with Crippen LogP contribution < -0.4 is 15.5 Å². The number of rotatable bonds is 8. The van der Waals surface area contributed by atoms with Crippen LogP contribution in [0.1, 0.15) is 61.1 Å². The van der Waals surface area contributed by atoms with E-state index in [4.69, 9.17) is 19.7 Å². The van der Waals surface area contributed by atoms with Gasteiger partial charge in [-0.3, -0.25) is 0 Å². The number of fused-ring (bicyclic) bond motifs is 1. The average Bonchev–Trinajstić information content (AvgIpc) is 3.51. The van der Waals surface area contributed by atoms with Crippen molar-refractivity contribution in [3.63, 3.8) is 0 Å². The number of anilines is 3. The first kappa shape index (κ1) is 27.8. The summed E-state index contributed by atoms with van der Waals surface area (Å²) in [6, 6.07) is 6.13. The molecule has 1 fully saturated rings. The third-order valence-corrected chi connectivity index (χ3v) is 7.26. The van der Waals surface area contributed by atoms with Crippen molar-refractivity contribution in [2.24, 2.45) is 0 Å². The minimum absolute atomic E-state index is 0. The van der Waals surface area contributed by atoms with Crippen LogP contribution in [-0.4, -0.2) is 60.3 Å². The van der Waals surface area contributed by atoms with Crippen molar-refractivity contribution in [2.75, 3.05) is 50.6 Å². The highest BCUT2D eigenvalue weighted by Crippen LogP contribution is 2.43. The van der Waals surface area contributed by atoms with E-state index >= 15 is 0 Å². The molecular formula is C30H47N7O. The van der Waals surface area contributed by atoms with Gasteiger partial charge in [-0.05, 0) is 56.7 Å². The van der Waals surface area contributed by atoms with E-state index in [1.807, 2.05) is 39.2 Å². The fourth-order valence-electron chi connectivity index (χ4n) is 5.40. The van der Waals surface area contributed by atoms with Gasteiger partial charge >= 0.3 is 0 Å². The number of allylic oxidation sites excluding steroid dienone is 4. The van der Waals surface area contributed by atoms with Crippen LogP contribution >= 0.6 is 0 Å². The van der Waals surface area contributed by atoms with E-state index in [1.54, 1.807) is 7.11 Å². The smallest absolute Gasteiger partial charge is 0.228 e. The highest BCUT2D eigenvalue weighted by molar-refractivity contribution is 5.68. The highest BCUT2D eigenvalue weighted by Gasteiger charge is 2.42. The Morgan fingerprint density at radius 2 is 1.92 bits per heavy atom. The Labute approximate surface area is 230 Å². The van der Waals surface area contributed by atoms with Gasteiger partial charge in [0, 0.05) is 71.1 Å². The molecule has 0 radical (unpaired) electrons. The lowest BCUT2D eigenvalue weighted by Gasteiger charge is -2.24. The van der Waals surface area contributed by atoms with Gasteiger partial charge in [-0.25, -0.2) is 9.97 Å². The Balaban J connectivity index is 0.00000137. The number of nitrogens with zero attached hydrogens (tertiary/aromatic N) is 5. The van der Waals surface area contributed by atoms with Crippen molar-refractivity contribution >= 4 is 17.6 Å². The monoisotopic (exact) mass is 521 g/mol. The summed E-state index contributed by atoms with van der Waals surface area (Å²) in [4.78, 5) is 19.3. The molecule has 2 N–H and O–H groups in total. The Hall–Kier alpha value is -3.23. The van der Waals surface area contributed by atoms with Crippen molar-refractivity contribution in [3.8, 4) is 0 Å². The van der Waals surface area contributed by atoms with Gasteiger partial charge in [-0.1, -0.05) is 32.9 Å². The summed E-state index contributed by atoms with van der Waals surface area (Å²) >= 11 is 0. The lowest BCUT2D eigenvalue weighted by atomic mass is 9.87. The standard InChI is InChI=1S/C28H37N7O.C2H6.2H2/c1-20-10-11-21(12-13-24(20)34-14-5-6-15-34)32-27-30-17-23-26(33-27)35(18-28(23,2)19-36-4)25-9-7-8-22(31-25)16-29-3;1-2;;/h7-10,12-13,17,29H,5-6,11,14-16,18-19H2,1-4H3,(H,30,32,33);1-2H3;2*1H/t28-;;;/m0.../s1. The van der Waals surface area contributed by atoms with E-state index in [2.05, 4.69) is 58.6 Å². The van der Waals surface area contributed by atoms with Crippen molar-refractivity contribution in [3.05, 3.63) is 70.8 Å². The number of ether oxygens (including phenoxy) is 1. The summed E-state index contributed by atoms with van der Waals surface area (Å²) in [6.07, 6.45) is 12.0. The molecule has 208 valence electrons. The summed E-state index contributed by atoms with van der Waals surface area (Å²) in [5, 5.41) is 6.67. The Kier molecular flexibility index (Phi) is 9.17. The molecule has 4 heterocycles. The molecule has 3 aliphatic rings. The van der Waals surface area contributed by atoms with Crippen molar-refractivity contribution in [2.45, 2.75) is 58.9 Å². The molecule has 8 heteroatoms. The van der Waals surface area contributed by atoms with E-state index in [9.17, 15) is 0 Å². The fourth-order valence-corrected chi connectivity index (χ4v) is 5.40. The van der Waals surface area contributed by atoms with Crippen LogP contribution in [0.3, 0.4) is 0 Å². The van der Waals surface area contributed by atoms with Crippen LogP contribution in [0.4, 0.5) is 17.6 Å². The zero-order valence-electron chi connectivity index (χ0n) is 23.8. The molecule has 1 atom stereocenters. The Morgan fingerprint density at radius 1 is 1.13 bits per heavy atom. The predicted octanol–water partition coefficient (Wildman–Crippen LogP) is 5.79. The molecule has 2 aromatic rings. The van der Waals surface area contributed by atoms with E-state index in [0.29, 0.717) is 19.1 Å². The van der Waals surface area contributed by atoms with Crippen molar-refractivity contribution in [1.29, 1.82) is 0 Å². The molecule has 0 aromatic carbocycles. The lowest BCUT2D eigenvalue weighted by Crippen LogP contribution is -2.33. The Morgan fingerprint density at radius 3 is 2.66 bits per heavy atom. The highest BCUT2D eigenvalue weighted by atomic mass is 16.5. The zero-order chi connectivity index (χ0) is 27.1. The molecule has 0 amide bonds. The minimum Gasteiger partial charge on any atom is -0.384 e. The van der Waals surface area contributed by atoms with E-state index in [0.717, 1.165) is 54.6 Å². The number of likely N-dealkylation sites (tertiary alicyclic amines) is 1. The average molecular weight is 522 g/mol. The molecule has 0 spiro atoms. The number of hydrogen-bond acceptors (Lipinski definition) is 8.